The average molecular weight is 436 g/mol. The monoisotopic (exact) mass is 436 g/mol. The van der Waals surface area contributed by atoms with Crippen LogP contribution in [-0.4, -0.2) is 5.60 Å². The van der Waals surface area contributed by atoms with Crippen molar-refractivity contribution in [2.75, 3.05) is 0 Å². The van der Waals surface area contributed by atoms with Gasteiger partial charge in [0.25, 0.3) is 5.60 Å². The maximum absolute atomic E-state index is 9.97. The second-order valence-electron chi connectivity index (χ2n) is 7.54. The number of rotatable bonds is 4. The van der Waals surface area contributed by atoms with Crippen LogP contribution in [0.3, 0.4) is 0 Å². The summed E-state index contributed by atoms with van der Waals surface area (Å²) in [7, 11) is 0. The maximum Gasteiger partial charge on any atom is 0.299 e. The third-order valence-electron chi connectivity index (χ3n) is 5.83. The number of fused-ring (bicyclic) bond motifs is 6. The molecule has 4 aromatic carbocycles. The summed E-state index contributed by atoms with van der Waals surface area (Å²) in [6.45, 7) is 0. The summed E-state index contributed by atoms with van der Waals surface area (Å²) < 4.78 is 5.94. The third-order valence-corrected chi connectivity index (χ3v) is 5.83. The summed E-state index contributed by atoms with van der Waals surface area (Å²) in [6.07, 6.45) is 0. The first-order chi connectivity index (χ1) is 16.5. The predicted octanol–water partition coefficient (Wildman–Crippen LogP) is 5.01. The molecule has 0 heterocycles. The lowest BCUT2D eigenvalue weighted by molar-refractivity contribution is 0.121. The van der Waals surface area contributed by atoms with Crippen molar-refractivity contribution >= 4 is 32.3 Å². The molecule has 34 heavy (non-hydrogen) atoms. The first-order valence-corrected chi connectivity index (χ1v) is 10.0. The summed E-state index contributed by atoms with van der Waals surface area (Å²) in [4.78, 5) is 0. The fourth-order valence-corrected chi connectivity index (χ4v) is 4.20. The van der Waals surface area contributed by atoms with E-state index in [0.717, 1.165) is 26.9 Å². The lowest BCUT2D eigenvalue weighted by Crippen LogP contribution is -2.48. The van der Waals surface area contributed by atoms with Crippen LogP contribution in [0.15, 0.2) is 66.7 Å². The summed E-state index contributed by atoms with van der Waals surface area (Å²) in [5.74, 6) is -1.87. The van der Waals surface area contributed by atoms with Gasteiger partial charge in [-0.3, -0.25) is 0 Å². The zero-order valence-corrected chi connectivity index (χ0v) is 17.5. The Morgan fingerprint density at radius 2 is 1.00 bits per heavy atom. The molecule has 0 aliphatic carbocycles. The van der Waals surface area contributed by atoms with Crippen molar-refractivity contribution in [3.05, 3.63) is 66.7 Å². The highest BCUT2D eigenvalue weighted by Gasteiger charge is 2.57. The number of benzene rings is 4. The van der Waals surface area contributed by atoms with Gasteiger partial charge < -0.3 is 4.74 Å². The van der Waals surface area contributed by atoms with Crippen LogP contribution in [0.4, 0.5) is 0 Å². The van der Waals surface area contributed by atoms with Gasteiger partial charge in [-0.1, -0.05) is 60.7 Å². The van der Waals surface area contributed by atoms with E-state index in [1.807, 2.05) is 54.6 Å². The van der Waals surface area contributed by atoms with Crippen LogP contribution in [0.1, 0.15) is 0 Å². The fraction of sp³-hybridized carbons (Fsp3) is 0.111. The van der Waals surface area contributed by atoms with E-state index in [9.17, 15) is 31.6 Å². The molecular formula is C27H12N6O. The van der Waals surface area contributed by atoms with Crippen molar-refractivity contribution < 1.29 is 4.74 Å². The van der Waals surface area contributed by atoms with E-state index < -0.39 is 16.9 Å². The summed E-state index contributed by atoms with van der Waals surface area (Å²) in [6, 6.07) is 29.9. The Balaban J connectivity index is 2.07. The Bertz CT molecular complexity index is 1640. The second-order valence-corrected chi connectivity index (χ2v) is 7.54. The van der Waals surface area contributed by atoms with Gasteiger partial charge in [0.2, 0.25) is 5.41 Å². The number of hydrogen-bond acceptors (Lipinski definition) is 7. The minimum Gasteiger partial charge on any atom is -0.457 e. The largest absolute Gasteiger partial charge is 0.457 e. The van der Waals surface area contributed by atoms with Crippen LogP contribution in [0, 0.1) is 79.3 Å². The summed E-state index contributed by atoms with van der Waals surface area (Å²) >= 11 is 0. The fourth-order valence-electron chi connectivity index (χ4n) is 4.20. The molecule has 0 bridgehead atoms. The van der Waals surface area contributed by atoms with Gasteiger partial charge in [0.15, 0.2) is 5.92 Å². The Kier molecular flexibility index (Phi) is 5.19. The number of ether oxygens (including phenoxy) is 1. The van der Waals surface area contributed by atoms with Crippen LogP contribution in [0.25, 0.3) is 32.3 Å². The van der Waals surface area contributed by atoms with E-state index in [2.05, 4.69) is 0 Å². The van der Waals surface area contributed by atoms with E-state index in [4.69, 9.17) is 4.74 Å². The van der Waals surface area contributed by atoms with Crippen molar-refractivity contribution in [2.24, 2.45) is 11.3 Å². The number of hydrogen-bond donors (Lipinski definition) is 0. The first-order valence-electron chi connectivity index (χ1n) is 10.0. The summed E-state index contributed by atoms with van der Waals surface area (Å²) in [5, 5.41) is 63.2. The van der Waals surface area contributed by atoms with Crippen molar-refractivity contribution in [3.8, 4) is 42.2 Å². The van der Waals surface area contributed by atoms with Crippen LogP contribution < -0.4 is 4.74 Å². The zero-order valence-electron chi connectivity index (χ0n) is 17.5. The highest BCUT2D eigenvalue weighted by atomic mass is 16.5. The first kappa shape index (κ1) is 21.6. The van der Waals surface area contributed by atoms with Gasteiger partial charge >= 0.3 is 0 Å². The van der Waals surface area contributed by atoms with Crippen molar-refractivity contribution in [2.45, 2.75) is 5.60 Å². The number of nitrogens with zero attached hydrogens (tertiary/aromatic N) is 6. The zero-order chi connectivity index (χ0) is 24.3. The molecule has 0 radical (unpaired) electrons. The van der Waals surface area contributed by atoms with Gasteiger partial charge in [-0.05, 0) is 33.0 Å². The van der Waals surface area contributed by atoms with Gasteiger partial charge in [-0.25, -0.2) is 0 Å². The second kappa shape index (κ2) is 8.15. The van der Waals surface area contributed by atoms with E-state index in [1.54, 1.807) is 30.3 Å². The molecule has 7 heteroatoms. The topological polar surface area (TPSA) is 152 Å². The van der Waals surface area contributed by atoms with E-state index in [0.29, 0.717) is 5.39 Å². The molecule has 4 aromatic rings. The highest BCUT2D eigenvalue weighted by Crippen LogP contribution is 2.43. The Morgan fingerprint density at radius 1 is 0.559 bits per heavy atom. The van der Waals surface area contributed by atoms with Gasteiger partial charge in [-0.15, -0.1) is 0 Å². The molecule has 0 amide bonds. The minimum atomic E-state index is -2.60. The summed E-state index contributed by atoms with van der Waals surface area (Å²) in [5.41, 5.74) is -5.18. The van der Waals surface area contributed by atoms with Crippen molar-refractivity contribution in [3.63, 3.8) is 0 Å². The van der Waals surface area contributed by atoms with Gasteiger partial charge in [0, 0.05) is 5.39 Å². The normalized spacial score (nSPS) is 11.8. The Hall–Kier alpha value is -5.60. The SMILES string of the molecule is N#CC(C(C#N)(C#N)C#N)C(C#N)(C#N)Oc1cccc2c3ccccc3c3ccccc3c12. The molecule has 4 rings (SSSR count). The molecule has 0 fully saturated rings. The Labute approximate surface area is 194 Å². The third kappa shape index (κ3) is 2.92. The number of nitriles is 6. The lowest BCUT2D eigenvalue weighted by Gasteiger charge is -2.29. The maximum atomic E-state index is 9.97. The molecule has 0 spiro atoms. The molecule has 0 aliphatic rings. The quantitative estimate of drug-likeness (QED) is 0.408. The van der Waals surface area contributed by atoms with E-state index in [-0.39, 0.29) is 5.75 Å². The van der Waals surface area contributed by atoms with Crippen LogP contribution in [0.2, 0.25) is 0 Å². The van der Waals surface area contributed by atoms with Crippen LogP contribution in [0.5, 0.6) is 5.75 Å². The highest BCUT2D eigenvalue weighted by molar-refractivity contribution is 6.26. The molecule has 0 aromatic heterocycles. The molecule has 0 N–H and O–H groups in total. The molecule has 0 aliphatic heterocycles. The smallest absolute Gasteiger partial charge is 0.299 e. The van der Waals surface area contributed by atoms with Crippen molar-refractivity contribution in [1.29, 1.82) is 31.6 Å². The molecule has 1 atom stereocenters. The van der Waals surface area contributed by atoms with Crippen molar-refractivity contribution in [1.82, 2.24) is 0 Å². The van der Waals surface area contributed by atoms with E-state index in [1.165, 1.54) is 18.2 Å². The standard InChI is InChI=1S/C27H12N6O/c28-12-24(26(13-29,14-30)15-31)27(16-32,17-33)34-23-11-5-10-22-20-7-2-1-6-18(20)19-8-3-4-9-21(19)25(22)23/h1-11,24H. The predicted molar refractivity (Wildman–Crippen MR) is 122 cm³/mol. The molecule has 7 nitrogen and oxygen atoms in total. The Morgan fingerprint density at radius 3 is 1.44 bits per heavy atom. The molecular weight excluding hydrogens is 424 g/mol. The van der Waals surface area contributed by atoms with Gasteiger partial charge in [0.1, 0.15) is 36.1 Å². The average Bonchev–Trinajstić information content (AvgIpc) is 2.91. The van der Waals surface area contributed by atoms with Crippen LogP contribution >= 0.6 is 0 Å². The van der Waals surface area contributed by atoms with E-state index >= 15 is 0 Å². The molecule has 1 unspecified atom stereocenters. The van der Waals surface area contributed by atoms with Gasteiger partial charge in [0.05, 0.1) is 6.07 Å². The lowest BCUT2D eigenvalue weighted by atomic mass is 9.71. The van der Waals surface area contributed by atoms with Crippen LogP contribution in [-0.2, 0) is 0 Å². The van der Waals surface area contributed by atoms with Gasteiger partial charge in [-0.2, -0.15) is 31.6 Å². The molecule has 156 valence electrons. The minimum absolute atomic E-state index is 0.116. The molecule has 0 saturated heterocycles. The molecule has 0 saturated carbocycles.